The third-order valence-corrected chi connectivity index (χ3v) is 4.87. The SMILES string of the molecule is Cc1c(CNc2ccc(C(=O)N[C@@H](CC(=O)[O-])C(=O)[O-])cc2)ccc2nc(N)nc(N)c12.[Na+].[Na+]. The van der Waals surface area contributed by atoms with Crippen molar-refractivity contribution in [3.63, 3.8) is 0 Å². The first kappa shape index (κ1) is 29.6. The van der Waals surface area contributed by atoms with Crippen LogP contribution in [0.1, 0.15) is 27.9 Å². The molecule has 1 heterocycles. The Balaban J connectivity index is 0.00000289. The summed E-state index contributed by atoms with van der Waals surface area (Å²) < 4.78 is 0. The van der Waals surface area contributed by atoms with Crippen molar-refractivity contribution in [2.45, 2.75) is 25.9 Å². The zero-order valence-corrected chi connectivity index (χ0v) is 23.0. The van der Waals surface area contributed by atoms with E-state index in [1.54, 1.807) is 12.1 Å². The second-order valence-corrected chi connectivity index (χ2v) is 7.06. The van der Waals surface area contributed by atoms with E-state index in [1.165, 1.54) is 12.1 Å². The van der Waals surface area contributed by atoms with Crippen molar-refractivity contribution >= 4 is 46.2 Å². The number of aryl methyl sites for hydroxylation is 1. The van der Waals surface area contributed by atoms with E-state index in [9.17, 15) is 24.6 Å². The van der Waals surface area contributed by atoms with Crippen LogP contribution in [-0.2, 0) is 16.1 Å². The number of carbonyl (C=O) groups excluding carboxylic acids is 3. The summed E-state index contributed by atoms with van der Waals surface area (Å²) in [5.74, 6) is -3.65. The zero-order chi connectivity index (χ0) is 23.4. The van der Waals surface area contributed by atoms with Gasteiger partial charge in [-0.15, -0.1) is 0 Å². The minimum absolute atomic E-state index is 0. The smallest absolute Gasteiger partial charge is 0.550 e. The van der Waals surface area contributed by atoms with Gasteiger partial charge < -0.3 is 41.9 Å². The molecule has 0 radical (unpaired) electrons. The van der Waals surface area contributed by atoms with E-state index in [4.69, 9.17) is 11.5 Å². The number of hydrogen-bond acceptors (Lipinski definition) is 10. The number of nitrogens with zero attached hydrogens (tertiary/aromatic N) is 2. The van der Waals surface area contributed by atoms with Gasteiger partial charge in [-0.1, -0.05) is 6.07 Å². The largest absolute Gasteiger partial charge is 1.00 e. The Morgan fingerprint density at radius 3 is 2.24 bits per heavy atom. The Morgan fingerprint density at radius 1 is 1.00 bits per heavy atom. The van der Waals surface area contributed by atoms with Crippen LogP contribution in [-0.4, -0.2) is 33.9 Å². The van der Waals surface area contributed by atoms with Gasteiger partial charge in [0.15, 0.2) is 0 Å². The number of amides is 1. The van der Waals surface area contributed by atoms with Crippen molar-refractivity contribution < 1.29 is 83.7 Å². The Morgan fingerprint density at radius 2 is 1.65 bits per heavy atom. The summed E-state index contributed by atoms with van der Waals surface area (Å²) in [7, 11) is 0. The first-order valence-corrected chi connectivity index (χ1v) is 9.52. The molecule has 0 saturated carbocycles. The van der Waals surface area contributed by atoms with E-state index in [1.807, 2.05) is 19.1 Å². The Kier molecular flexibility index (Phi) is 11.2. The van der Waals surface area contributed by atoms with E-state index in [0.717, 1.165) is 16.5 Å². The summed E-state index contributed by atoms with van der Waals surface area (Å²) in [6.45, 7) is 2.36. The molecule has 0 saturated heterocycles. The van der Waals surface area contributed by atoms with Crippen molar-refractivity contribution in [1.82, 2.24) is 15.3 Å². The molecule has 0 spiro atoms. The molecule has 0 aliphatic heterocycles. The number of rotatable bonds is 8. The molecule has 3 rings (SSSR count). The van der Waals surface area contributed by atoms with E-state index in [2.05, 4.69) is 20.6 Å². The predicted molar refractivity (Wildman–Crippen MR) is 113 cm³/mol. The van der Waals surface area contributed by atoms with Gasteiger partial charge in [0.05, 0.1) is 17.5 Å². The number of carboxylic acids is 2. The number of carbonyl (C=O) groups is 3. The number of nitrogen functional groups attached to an aromatic ring is 2. The number of aliphatic carboxylic acids is 2. The molecule has 2 aromatic carbocycles. The summed E-state index contributed by atoms with van der Waals surface area (Å²) in [4.78, 5) is 42.0. The summed E-state index contributed by atoms with van der Waals surface area (Å²) in [5.41, 5.74) is 15.0. The fourth-order valence-corrected chi connectivity index (χ4v) is 3.21. The Labute approximate surface area is 239 Å². The molecule has 0 fully saturated rings. The standard InChI is InChI=1S/C21H22N6O5.2Na/c1-10-12(4-7-14-17(10)18(22)27-21(23)26-14)9-24-13-5-2-11(3-6-13)19(30)25-15(20(31)32)8-16(28)29;;/h2-7,15,24H,8-9H2,1H3,(H,25,30)(H,28,29)(H,31,32)(H4,22,23,26,27);;/q;2*+1/p-2/t15-;;/m0../s1. The summed E-state index contributed by atoms with van der Waals surface area (Å²) >= 11 is 0. The molecule has 0 bridgehead atoms. The molecular formula is C21H20N6Na2O5. The average Bonchev–Trinajstić information content (AvgIpc) is 2.72. The molecule has 6 N–H and O–H groups in total. The number of benzene rings is 2. The molecule has 3 aromatic rings. The van der Waals surface area contributed by atoms with E-state index in [-0.39, 0.29) is 70.6 Å². The third kappa shape index (κ3) is 7.29. The van der Waals surface area contributed by atoms with Crippen molar-refractivity contribution in [2.75, 3.05) is 16.8 Å². The van der Waals surface area contributed by atoms with Gasteiger partial charge in [-0.05, 0) is 48.4 Å². The van der Waals surface area contributed by atoms with Crippen LogP contribution in [0.3, 0.4) is 0 Å². The van der Waals surface area contributed by atoms with Gasteiger partial charge in [0.1, 0.15) is 5.82 Å². The van der Waals surface area contributed by atoms with Gasteiger partial charge in [0.2, 0.25) is 5.95 Å². The van der Waals surface area contributed by atoms with E-state index in [0.29, 0.717) is 23.6 Å². The zero-order valence-electron chi connectivity index (χ0n) is 19.0. The van der Waals surface area contributed by atoms with Crippen molar-refractivity contribution in [3.05, 3.63) is 53.1 Å². The fraction of sp³-hybridized carbons (Fsp3) is 0.190. The topological polar surface area (TPSA) is 199 Å². The fourth-order valence-electron chi connectivity index (χ4n) is 3.21. The first-order chi connectivity index (χ1) is 15.2. The van der Waals surface area contributed by atoms with E-state index >= 15 is 0 Å². The van der Waals surface area contributed by atoms with Crippen LogP contribution in [0.15, 0.2) is 36.4 Å². The second kappa shape index (κ2) is 12.9. The molecule has 166 valence electrons. The maximum atomic E-state index is 12.2. The molecule has 0 unspecified atom stereocenters. The van der Waals surface area contributed by atoms with Crippen LogP contribution in [0.4, 0.5) is 17.5 Å². The third-order valence-electron chi connectivity index (χ3n) is 4.87. The minimum atomic E-state index is -1.71. The van der Waals surface area contributed by atoms with Crippen LogP contribution in [0.2, 0.25) is 0 Å². The van der Waals surface area contributed by atoms with Crippen LogP contribution < -0.4 is 91.4 Å². The first-order valence-electron chi connectivity index (χ1n) is 9.52. The van der Waals surface area contributed by atoms with Crippen LogP contribution in [0.25, 0.3) is 10.9 Å². The number of fused-ring (bicyclic) bond motifs is 1. The van der Waals surface area contributed by atoms with Gasteiger partial charge in [-0.3, -0.25) is 4.79 Å². The monoisotopic (exact) mass is 482 g/mol. The number of aromatic nitrogens is 2. The normalized spacial score (nSPS) is 11.0. The summed E-state index contributed by atoms with van der Waals surface area (Å²) in [5, 5.41) is 27.6. The van der Waals surface area contributed by atoms with Crippen LogP contribution in [0, 0.1) is 6.92 Å². The number of anilines is 3. The number of nitrogens with one attached hydrogen (secondary N) is 2. The molecule has 34 heavy (non-hydrogen) atoms. The van der Waals surface area contributed by atoms with Crippen LogP contribution in [0.5, 0.6) is 0 Å². The quantitative estimate of drug-likeness (QED) is 0.224. The van der Waals surface area contributed by atoms with Crippen molar-refractivity contribution in [1.29, 1.82) is 0 Å². The number of nitrogens with two attached hydrogens (primary N) is 2. The second-order valence-electron chi connectivity index (χ2n) is 7.06. The molecule has 0 aliphatic rings. The predicted octanol–water partition coefficient (Wildman–Crippen LogP) is -7.29. The van der Waals surface area contributed by atoms with Gasteiger partial charge in [0, 0.05) is 35.6 Å². The molecule has 1 aromatic heterocycles. The Bertz CT molecular complexity index is 1210. The van der Waals surface area contributed by atoms with Gasteiger partial charge in [-0.25, -0.2) is 4.98 Å². The molecule has 13 heteroatoms. The maximum Gasteiger partial charge on any atom is 1.00 e. The average molecular weight is 482 g/mol. The molecule has 11 nitrogen and oxygen atoms in total. The molecule has 1 atom stereocenters. The Hall–Kier alpha value is -2.41. The minimum Gasteiger partial charge on any atom is -0.550 e. The summed E-state index contributed by atoms with van der Waals surface area (Å²) in [6.07, 6.45) is -0.888. The van der Waals surface area contributed by atoms with E-state index < -0.39 is 30.3 Å². The molecule has 1 amide bonds. The summed E-state index contributed by atoms with van der Waals surface area (Å²) in [6, 6.07) is 8.24. The van der Waals surface area contributed by atoms with Crippen LogP contribution >= 0.6 is 0 Å². The van der Waals surface area contributed by atoms with Gasteiger partial charge in [0.25, 0.3) is 5.91 Å². The van der Waals surface area contributed by atoms with Crippen molar-refractivity contribution in [3.8, 4) is 0 Å². The number of hydrogen-bond donors (Lipinski definition) is 4. The maximum absolute atomic E-state index is 12.2. The molecule has 0 aliphatic carbocycles. The number of carboxylic acid groups (broad SMARTS) is 2. The van der Waals surface area contributed by atoms with Gasteiger partial charge >= 0.3 is 59.1 Å². The van der Waals surface area contributed by atoms with Gasteiger partial charge in [-0.2, -0.15) is 4.98 Å². The molecular weight excluding hydrogens is 462 g/mol. The van der Waals surface area contributed by atoms with Crippen molar-refractivity contribution in [2.24, 2.45) is 0 Å².